The number of nitrogens with zero attached hydrogens (tertiary/aromatic N) is 4. The fourth-order valence-corrected chi connectivity index (χ4v) is 2.22. The summed E-state index contributed by atoms with van der Waals surface area (Å²) in [6.45, 7) is 2.26. The number of imidazole rings is 1. The van der Waals surface area contributed by atoms with Crippen LogP contribution in [0.3, 0.4) is 0 Å². The Hall–Kier alpha value is -1.65. The standard InChI is InChI=1S/C10H13N5/c1-6-2-7(3-6)15-5-14-8-9(11)12-4-13-10(8)15/h4-7H,2-3H2,1H3,(H2,11,12,13). The van der Waals surface area contributed by atoms with E-state index in [1.54, 1.807) is 0 Å². The van der Waals surface area contributed by atoms with Gasteiger partial charge in [0.05, 0.1) is 6.33 Å². The molecule has 0 aromatic carbocycles. The second kappa shape index (κ2) is 2.92. The van der Waals surface area contributed by atoms with E-state index in [-0.39, 0.29) is 0 Å². The molecule has 0 aliphatic heterocycles. The number of hydrogen-bond donors (Lipinski definition) is 1. The highest BCUT2D eigenvalue weighted by Crippen LogP contribution is 2.38. The van der Waals surface area contributed by atoms with Crippen molar-refractivity contribution in [3.05, 3.63) is 12.7 Å². The zero-order valence-corrected chi connectivity index (χ0v) is 8.59. The molecule has 1 saturated carbocycles. The van der Waals surface area contributed by atoms with E-state index in [0.29, 0.717) is 11.9 Å². The molecule has 0 saturated heterocycles. The van der Waals surface area contributed by atoms with Crippen LogP contribution in [0.25, 0.3) is 11.2 Å². The molecule has 5 heteroatoms. The van der Waals surface area contributed by atoms with Crippen LogP contribution in [0.5, 0.6) is 0 Å². The van der Waals surface area contributed by atoms with Crippen molar-refractivity contribution < 1.29 is 0 Å². The Balaban J connectivity index is 2.09. The number of rotatable bonds is 1. The van der Waals surface area contributed by atoms with Crippen molar-refractivity contribution in [1.82, 2.24) is 19.5 Å². The number of aromatic nitrogens is 4. The lowest BCUT2D eigenvalue weighted by atomic mass is 9.82. The van der Waals surface area contributed by atoms with E-state index >= 15 is 0 Å². The van der Waals surface area contributed by atoms with Crippen molar-refractivity contribution in [1.29, 1.82) is 0 Å². The van der Waals surface area contributed by atoms with Gasteiger partial charge in [-0.1, -0.05) is 6.92 Å². The number of nitrogens with two attached hydrogens (primary N) is 1. The quantitative estimate of drug-likeness (QED) is 0.760. The van der Waals surface area contributed by atoms with Gasteiger partial charge < -0.3 is 10.3 Å². The van der Waals surface area contributed by atoms with Gasteiger partial charge in [0, 0.05) is 6.04 Å². The van der Waals surface area contributed by atoms with Crippen molar-refractivity contribution in [2.75, 3.05) is 5.73 Å². The smallest absolute Gasteiger partial charge is 0.165 e. The maximum atomic E-state index is 5.73. The molecule has 1 aliphatic rings. The average molecular weight is 203 g/mol. The van der Waals surface area contributed by atoms with Crippen molar-refractivity contribution in [2.45, 2.75) is 25.8 Å². The highest BCUT2D eigenvalue weighted by Gasteiger charge is 2.28. The third-order valence-corrected chi connectivity index (χ3v) is 3.13. The molecule has 2 heterocycles. The summed E-state index contributed by atoms with van der Waals surface area (Å²) in [5.74, 6) is 1.28. The predicted octanol–water partition coefficient (Wildman–Crippen LogP) is 1.38. The Morgan fingerprint density at radius 1 is 1.33 bits per heavy atom. The average Bonchev–Trinajstić information content (AvgIpc) is 2.58. The summed E-state index contributed by atoms with van der Waals surface area (Å²) in [5.41, 5.74) is 7.31. The SMILES string of the molecule is CC1CC(n2cnc3c(N)ncnc32)C1. The first kappa shape index (κ1) is 8.64. The molecule has 3 rings (SSSR count). The number of hydrogen-bond acceptors (Lipinski definition) is 4. The fourth-order valence-electron chi connectivity index (χ4n) is 2.22. The lowest BCUT2D eigenvalue weighted by Crippen LogP contribution is -2.24. The van der Waals surface area contributed by atoms with Crippen LogP contribution in [0.2, 0.25) is 0 Å². The Labute approximate surface area is 87.3 Å². The molecule has 1 aliphatic carbocycles. The van der Waals surface area contributed by atoms with Gasteiger partial charge in [0.25, 0.3) is 0 Å². The van der Waals surface area contributed by atoms with E-state index in [2.05, 4.69) is 26.4 Å². The van der Waals surface area contributed by atoms with Gasteiger partial charge in [0.15, 0.2) is 11.5 Å². The molecular weight excluding hydrogens is 190 g/mol. The number of nitrogen functional groups attached to an aromatic ring is 1. The van der Waals surface area contributed by atoms with E-state index in [0.717, 1.165) is 17.1 Å². The molecule has 5 nitrogen and oxygen atoms in total. The fraction of sp³-hybridized carbons (Fsp3) is 0.500. The summed E-state index contributed by atoms with van der Waals surface area (Å²) >= 11 is 0. The second-order valence-electron chi connectivity index (χ2n) is 4.31. The summed E-state index contributed by atoms with van der Waals surface area (Å²) in [4.78, 5) is 12.4. The van der Waals surface area contributed by atoms with Crippen LogP contribution >= 0.6 is 0 Å². The lowest BCUT2D eigenvalue weighted by Gasteiger charge is -2.33. The highest BCUT2D eigenvalue weighted by atomic mass is 15.2. The van der Waals surface area contributed by atoms with Crippen molar-refractivity contribution in [2.24, 2.45) is 5.92 Å². The van der Waals surface area contributed by atoms with Crippen molar-refractivity contribution >= 4 is 17.0 Å². The van der Waals surface area contributed by atoms with Gasteiger partial charge in [0.1, 0.15) is 11.8 Å². The van der Waals surface area contributed by atoms with E-state index < -0.39 is 0 Å². The molecule has 78 valence electrons. The molecule has 0 radical (unpaired) electrons. The van der Waals surface area contributed by atoms with Gasteiger partial charge in [-0.3, -0.25) is 0 Å². The van der Waals surface area contributed by atoms with E-state index in [1.165, 1.54) is 19.2 Å². The Morgan fingerprint density at radius 3 is 2.87 bits per heavy atom. The predicted molar refractivity (Wildman–Crippen MR) is 57.2 cm³/mol. The third kappa shape index (κ3) is 1.19. The summed E-state index contributed by atoms with van der Waals surface area (Å²) in [6, 6.07) is 0.541. The summed E-state index contributed by atoms with van der Waals surface area (Å²) in [7, 11) is 0. The molecule has 0 amide bonds. The zero-order valence-electron chi connectivity index (χ0n) is 8.59. The molecule has 15 heavy (non-hydrogen) atoms. The molecule has 0 atom stereocenters. The van der Waals surface area contributed by atoms with E-state index in [1.807, 2.05) is 6.33 Å². The minimum atomic E-state index is 0.464. The van der Waals surface area contributed by atoms with Gasteiger partial charge in [-0.2, -0.15) is 0 Å². The Kier molecular flexibility index (Phi) is 1.68. The molecule has 0 spiro atoms. The minimum Gasteiger partial charge on any atom is -0.382 e. The van der Waals surface area contributed by atoms with Gasteiger partial charge >= 0.3 is 0 Å². The first-order chi connectivity index (χ1) is 7.25. The number of anilines is 1. The minimum absolute atomic E-state index is 0.464. The molecule has 2 aromatic heterocycles. The Morgan fingerprint density at radius 2 is 2.13 bits per heavy atom. The lowest BCUT2D eigenvalue weighted by molar-refractivity contribution is 0.220. The van der Waals surface area contributed by atoms with Crippen LogP contribution in [-0.2, 0) is 0 Å². The zero-order chi connectivity index (χ0) is 10.4. The number of fused-ring (bicyclic) bond motifs is 1. The summed E-state index contributed by atoms with van der Waals surface area (Å²) in [5, 5.41) is 0. The summed E-state index contributed by atoms with van der Waals surface area (Å²) < 4.78 is 2.12. The van der Waals surface area contributed by atoms with Crippen molar-refractivity contribution in [3.8, 4) is 0 Å². The second-order valence-corrected chi connectivity index (χ2v) is 4.31. The highest BCUT2D eigenvalue weighted by molar-refractivity contribution is 5.81. The van der Waals surface area contributed by atoms with Crippen LogP contribution in [0.1, 0.15) is 25.8 Å². The van der Waals surface area contributed by atoms with Crippen LogP contribution in [0, 0.1) is 5.92 Å². The molecule has 2 aromatic rings. The maximum Gasteiger partial charge on any atom is 0.165 e. The van der Waals surface area contributed by atoms with Gasteiger partial charge in [-0.25, -0.2) is 15.0 Å². The molecule has 0 unspecified atom stereocenters. The van der Waals surface area contributed by atoms with Crippen LogP contribution < -0.4 is 5.73 Å². The first-order valence-corrected chi connectivity index (χ1v) is 5.18. The van der Waals surface area contributed by atoms with E-state index in [4.69, 9.17) is 5.73 Å². The molecule has 0 bridgehead atoms. The normalized spacial score (nSPS) is 25.4. The van der Waals surface area contributed by atoms with Gasteiger partial charge in [0.2, 0.25) is 0 Å². The van der Waals surface area contributed by atoms with Gasteiger partial charge in [-0.15, -0.1) is 0 Å². The Bertz CT molecular complexity index is 497. The maximum absolute atomic E-state index is 5.73. The van der Waals surface area contributed by atoms with Crippen LogP contribution in [0.4, 0.5) is 5.82 Å². The van der Waals surface area contributed by atoms with Crippen LogP contribution in [0.15, 0.2) is 12.7 Å². The third-order valence-electron chi connectivity index (χ3n) is 3.13. The topological polar surface area (TPSA) is 69.6 Å². The van der Waals surface area contributed by atoms with Gasteiger partial charge in [-0.05, 0) is 18.8 Å². The molecule has 1 fully saturated rings. The molecular formula is C10H13N5. The summed E-state index contributed by atoms with van der Waals surface area (Å²) in [6.07, 6.45) is 5.73. The first-order valence-electron chi connectivity index (χ1n) is 5.18. The van der Waals surface area contributed by atoms with Crippen molar-refractivity contribution in [3.63, 3.8) is 0 Å². The molecule has 2 N–H and O–H groups in total. The van der Waals surface area contributed by atoms with E-state index in [9.17, 15) is 0 Å². The van der Waals surface area contributed by atoms with Crippen LogP contribution in [-0.4, -0.2) is 19.5 Å². The largest absolute Gasteiger partial charge is 0.382 e. The monoisotopic (exact) mass is 203 g/mol.